The Morgan fingerprint density at radius 2 is 1.95 bits per heavy atom. The first-order valence-electron chi connectivity index (χ1n) is 13.3. The number of aryl methyl sites for hydroxylation is 1. The molecule has 1 aliphatic rings. The van der Waals surface area contributed by atoms with E-state index in [1.165, 1.54) is 15.9 Å². The van der Waals surface area contributed by atoms with E-state index in [2.05, 4.69) is 11.7 Å². The van der Waals surface area contributed by atoms with Crippen LogP contribution >= 0.6 is 11.3 Å². The number of likely N-dealkylation sites (tertiary alicyclic amines) is 1. The van der Waals surface area contributed by atoms with Crippen LogP contribution in [0.3, 0.4) is 0 Å². The summed E-state index contributed by atoms with van der Waals surface area (Å²) in [7, 11) is 3.14. The van der Waals surface area contributed by atoms with Crippen LogP contribution in [-0.2, 0) is 25.5 Å². The summed E-state index contributed by atoms with van der Waals surface area (Å²) in [6.07, 6.45) is 6.26. The molecule has 0 radical (unpaired) electrons. The van der Waals surface area contributed by atoms with Crippen molar-refractivity contribution in [1.29, 1.82) is 0 Å². The fraction of sp³-hybridized carbons (Fsp3) is 0.500. The lowest BCUT2D eigenvalue weighted by Crippen LogP contribution is -2.47. The average molecular weight is 572 g/mol. The predicted molar refractivity (Wildman–Crippen MR) is 154 cm³/mol. The van der Waals surface area contributed by atoms with E-state index in [1.54, 1.807) is 62.2 Å². The molecule has 1 saturated heterocycles. The van der Waals surface area contributed by atoms with Crippen LogP contribution < -0.4 is 11.2 Å². The van der Waals surface area contributed by atoms with Crippen LogP contribution in [0.15, 0.2) is 52.0 Å². The van der Waals surface area contributed by atoms with Crippen molar-refractivity contribution >= 4 is 27.5 Å². The number of thiophene rings is 1. The summed E-state index contributed by atoms with van der Waals surface area (Å²) in [6.45, 7) is 11.1. The smallest absolute Gasteiger partial charge is 0.332 e. The Hall–Kier alpha value is -3.48. The topological polar surface area (TPSA) is 110 Å². The predicted octanol–water partition coefficient (Wildman–Crippen LogP) is 3.04. The Morgan fingerprint density at radius 3 is 2.55 bits per heavy atom. The van der Waals surface area contributed by atoms with Gasteiger partial charge in [-0.1, -0.05) is 24.0 Å². The number of aromatic nitrogens is 4. The van der Waals surface area contributed by atoms with Crippen molar-refractivity contribution in [2.75, 3.05) is 40.5 Å². The van der Waals surface area contributed by atoms with E-state index >= 15 is 0 Å². The fourth-order valence-corrected chi connectivity index (χ4v) is 6.32. The summed E-state index contributed by atoms with van der Waals surface area (Å²) in [5.41, 5.74) is 0.275. The lowest BCUT2D eigenvalue weighted by atomic mass is 10.1. The number of ether oxygens (including phenoxy) is 3. The van der Waals surface area contributed by atoms with Gasteiger partial charge in [0.2, 0.25) is 5.91 Å². The molecule has 1 aliphatic heterocycles. The third-order valence-corrected chi connectivity index (χ3v) is 8.63. The highest BCUT2D eigenvalue weighted by Crippen LogP contribution is 2.32. The number of carbonyl (C=O) groups excluding carboxylic acids is 1. The zero-order valence-electron chi connectivity index (χ0n) is 23.7. The van der Waals surface area contributed by atoms with E-state index in [1.807, 2.05) is 6.92 Å². The van der Waals surface area contributed by atoms with Crippen LogP contribution in [-0.4, -0.2) is 76.3 Å². The highest BCUT2D eigenvalue weighted by molar-refractivity contribution is 7.21. The quantitative estimate of drug-likeness (QED) is 0.187. The zero-order valence-corrected chi connectivity index (χ0v) is 24.5. The van der Waals surface area contributed by atoms with Gasteiger partial charge in [0.25, 0.3) is 5.56 Å². The number of rotatable bonds is 12. The Kier molecular flexibility index (Phi) is 9.44. The maximum absolute atomic E-state index is 14.2. The summed E-state index contributed by atoms with van der Waals surface area (Å²) >= 11 is 1.30. The standard InChI is InChI=1S/C28H37N5O6S/c1-7-21(20(4)38-6)22(39-16-15-37-5)17-31-27-23(18(2)26(40-27)32-14-10-11-29-32)25(35)33(28(31)36)19(3)24(34)30-12-8-9-13-30/h7,10-11,14,19,22H,1,8-9,12-13,15-17H2,2-6H3/b21-20-/t19-,22+/m1/s1. The first-order valence-corrected chi connectivity index (χ1v) is 14.1. The molecular weight excluding hydrogens is 534 g/mol. The molecule has 0 aliphatic carbocycles. The van der Waals surface area contributed by atoms with E-state index in [9.17, 15) is 14.4 Å². The van der Waals surface area contributed by atoms with E-state index in [0.29, 0.717) is 51.8 Å². The molecule has 12 heteroatoms. The maximum Gasteiger partial charge on any atom is 0.332 e. The molecule has 0 N–H and O–H groups in total. The second-order valence-electron chi connectivity index (χ2n) is 9.71. The van der Waals surface area contributed by atoms with Crippen molar-refractivity contribution in [3.05, 3.63) is 68.8 Å². The van der Waals surface area contributed by atoms with Gasteiger partial charge in [0.1, 0.15) is 22.0 Å². The molecular formula is C28H37N5O6S. The summed E-state index contributed by atoms with van der Waals surface area (Å²) in [5.74, 6) is 0.352. The molecule has 40 heavy (non-hydrogen) atoms. The van der Waals surface area contributed by atoms with Gasteiger partial charge < -0.3 is 19.1 Å². The molecule has 1 amide bonds. The first kappa shape index (κ1) is 29.5. The molecule has 3 aromatic heterocycles. The highest BCUT2D eigenvalue weighted by atomic mass is 32.1. The number of methoxy groups -OCH3 is 2. The van der Waals surface area contributed by atoms with Gasteiger partial charge >= 0.3 is 5.69 Å². The molecule has 1 fully saturated rings. The van der Waals surface area contributed by atoms with E-state index in [4.69, 9.17) is 14.2 Å². The SMILES string of the molecule is C=C/C(=C(\C)OC)[C@H](Cn1c(=O)n([C@H](C)C(=O)N2CCCC2)c(=O)c2c(C)c(-n3cccn3)sc21)OCCOC. The average Bonchev–Trinajstić information content (AvgIpc) is 3.72. The summed E-state index contributed by atoms with van der Waals surface area (Å²) in [5, 5.41) is 5.43. The van der Waals surface area contributed by atoms with Gasteiger partial charge in [-0.2, -0.15) is 5.10 Å². The lowest BCUT2D eigenvalue weighted by Gasteiger charge is -2.25. The van der Waals surface area contributed by atoms with Crippen molar-refractivity contribution in [2.45, 2.75) is 52.3 Å². The molecule has 4 rings (SSSR count). The van der Waals surface area contributed by atoms with Gasteiger partial charge in [-0.05, 0) is 39.7 Å². The number of hydrogen-bond acceptors (Lipinski definition) is 8. The van der Waals surface area contributed by atoms with Gasteiger partial charge in [-0.3, -0.25) is 14.2 Å². The monoisotopic (exact) mass is 571 g/mol. The van der Waals surface area contributed by atoms with Crippen molar-refractivity contribution in [1.82, 2.24) is 23.8 Å². The van der Waals surface area contributed by atoms with Crippen molar-refractivity contribution < 1.29 is 19.0 Å². The number of amides is 1. The van der Waals surface area contributed by atoms with Crippen LogP contribution in [0.2, 0.25) is 0 Å². The van der Waals surface area contributed by atoms with Crippen LogP contribution in [0.5, 0.6) is 0 Å². The molecule has 11 nitrogen and oxygen atoms in total. The Balaban J connectivity index is 1.95. The van der Waals surface area contributed by atoms with Gasteiger partial charge in [0, 0.05) is 43.7 Å². The number of allylic oxidation sites excluding steroid dienone is 1. The maximum atomic E-state index is 14.2. The van der Waals surface area contributed by atoms with Crippen LogP contribution in [0, 0.1) is 6.92 Å². The number of carbonyl (C=O) groups is 1. The number of hydrogen-bond donors (Lipinski definition) is 0. The zero-order chi connectivity index (χ0) is 29.0. The number of fused-ring (bicyclic) bond motifs is 1. The molecule has 3 aromatic rings. The minimum atomic E-state index is -0.968. The minimum Gasteiger partial charge on any atom is -0.501 e. The van der Waals surface area contributed by atoms with Crippen molar-refractivity contribution in [3.63, 3.8) is 0 Å². The van der Waals surface area contributed by atoms with E-state index in [-0.39, 0.29) is 19.1 Å². The van der Waals surface area contributed by atoms with Gasteiger partial charge in [0.15, 0.2) is 0 Å². The third-order valence-electron chi connectivity index (χ3n) is 7.33. The molecule has 0 bridgehead atoms. The Morgan fingerprint density at radius 1 is 1.23 bits per heavy atom. The molecule has 0 spiro atoms. The normalized spacial score (nSPS) is 15.8. The van der Waals surface area contributed by atoms with Gasteiger partial charge in [0.05, 0.1) is 38.0 Å². The summed E-state index contributed by atoms with van der Waals surface area (Å²) in [4.78, 5) is 43.7. The Bertz CT molecular complexity index is 1510. The Labute approximate surface area is 236 Å². The summed E-state index contributed by atoms with van der Waals surface area (Å²) < 4.78 is 21.1. The van der Waals surface area contributed by atoms with Crippen molar-refractivity contribution in [2.24, 2.45) is 0 Å². The molecule has 216 valence electrons. The second-order valence-corrected chi connectivity index (χ2v) is 10.7. The van der Waals surface area contributed by atoms with Gasteiger partial charge in [-0.25, -0.2) is 14.0 Å². The minimum absolute atomic E-state index is 0.0600. The number of nitrogens with zero attached hydrogens (tertiary/aromatic N) is 5. The summed E-state index contributed by atoms with van der Waals surface area (Å²) in [6, 6.07) is 0.824. The fourth-order valence-electron chi connectivity index (χ4n) is 5.08. The van der Waals surface area contributed by atoms with Gasteiger partial charge in [-0.15, -0.1) is 0 Å². The second kappa shape index (κ2) is 12.8. The lowest BCUT2D eigenvalue weighted by molar-refractivity contribution is -0.133. The van der Waals surface area contributed by atoms with Crippen LogP contribution in [0.4, 0.5) is 0 Å². The van der Waals surface area contributed by atoms with E-state index < -0.39 is 23.4 Å². The van der Waals surface area contributed by atoms with Crippen LogP contribution in [0.25, 0.3) is 15.2 Å². The molecule has 2 atom stereocenters. The largest absolute Gasteiger partial charge is 0.501 e. The molecule has 4 heterocycles. The first-order chi connectivity index (χ1) is 19.2. The third kappa shape index (κ3) is 5.56. The highest BCUT2D eigenvalue weighted by Gasteiger charge is 2.31. The molecule has 0 aromatic carbocycles. The van der Waals surface area contributed by atoms with E-state index in [0.717, 1.165) is 17.4 Å². The molecule has 0 saturated carbocycles. The molecule has 0 unspecified atom stereocenters. The van der Waals surface area contributed by atoms with Crippen molar-refractivity contribution in [3.8, 4) is 5.00 Å². The van der Waals surface area contributed by atoms with Crippen LogP contribution in [0.1, 0.15) is 38.3 Å².